The van der Waals surface area contributed by atoms with Crippen LogP contribution in [0, 0.1) is 0 Å². The second-order valence-corrected chi connectivity index (χ2v) is 8.26. The number of methoxy groups -OCH3 is 3. The Labute approximate surface area is 200 Å². The molecule has 0 spiro atoms. The minimum atomic E-state index is -0.0980. The average Bonchev–Trinajstić information content (AvgIpc) is 3.13. The van der Waals surface area contributed by atoms with Gasteiger partial charge >= 0.3 is 0 Å². The lowest BCUT2D eigenvalue weighted by atomic mass is 10.1. The maximum atomic E-state index is 13.2. The summed E-state index contributed by atoms with van der Waals surface area (Å²) >= 11 is 1.35. The third kappa shape index (κ3) is 5.89. The van der Waals surface area contributed by atoms with E-state index in [0.717, 1.165) is 41.5 Å². The summed E-state index contributed by atoms with van der Waals surface area (Å²) in [6, 6.07) is 13.5. The molecule has 7 nitrogen and oxygen atoms in total. The van der Waals surface area contributed by atoms with Crippen molar-refractivity contribution >= 4 is 40.3 Å². The van der Waals surface area contributed by atoms with E-state index in [-0.39, 0.29) is 5.91 Å². The fraction of sp³-hybridized carbons (Fsp3) is 0.360. The third-order valence-corrected chi connectivity index (χ3v) is 6.34. The average molecular weight is 470 g/mol. The molecule has 0 bridgehead atoms. The van der Waals surface area contributed by atoms with Gasteiger partial charge in [-0.1, -0.05) is 0 Å². The van der Waals surface area contributed by atoms with E-state index < -0.39 is 0 Å². The van der Waals surface area contributed by atoms with Crippen LogP contribution in [-0.4, -0.2) is 63.5 Å². The molecule has 1 saturated heterocycles. The van der Waals surface area contributed by atoms with Gasteiger partial charge < -0.3 is 19.1 Å². The van der Waals surface area contributed by atoms with E-state index in [1.165, 1.54) is 11.8 Å². The standard InChI is InChI=1S/C25H31N3O4S/c1-6-27(7-2)20-11-8-18(22(17-20)32-5)16-23-24(29)28(14-15-30-3)25(33-23)26-19-9-12-21(31-4)13-10-19/h8-13,16-17H,6-7,14-15H2,1-5H3/b23-16-,26-25?. The number of amidine groups is 1. The lowest BCUT2D eigenvalue weighted by Crippen LogP contribution is -2.32. The highest BCUT2D eigenvalue weighted by Gasteiger charge is 2.33. The van der Waals surface area contributed by atoms with Gasteiger partial charge in [0.25, 0.3) is 5.91 Å². The van der Waals surface area contributed by atoms with Gasteiger partial charge in [0, 0.05) is 37.5 Å². The molecule has 3 rings (SSSR count). The summed E-state index contributed by atoms with van der Waals surface area (Å²) in [6.07, 6.45) is 1.87. The fourth-order valence-corrected chi connectivity index (χ4v) is 4.50. The quantitative estimate of drug-likeness (QED) is 0.466. The largest absolute Gasteiger partial charge is 0.497 e. The second-order valence-electron chi connectivity index (χ2n) is 7.25. The number of amides is 1. The zero-order valence-electron chi connectivity index (χ0n) is 19.8. The van der Waals surface area contributed by atoms with E-state index in [1.54, 1.807) is 26.2 Å². The van der Waals surface area contributed by atoms with Gasteiger partial charge in [-0.15, -0.1) is 0 Å². The SMILES string of the molecule is CCN(CC)c1ccc(/C=C2\SC(=Nc3ccc(OC)cc3)N(CCOC)C2=O)c(OC)c1. The summed E-state index contributed by atoms with van der Waals surface area (Å²) in [6.45, 7) is 6.91. The summed E-state index contributed by atoms with van der Waals surface area (Å²) in [7, 11) is 4.89. The van der Waals surface area contributed by atoms with Gasteiger partial charge in [0.2, 0.25) is 0 Å². The van der Waals surface area contributed by atoms with Gasteiger partial charge in [-0.2, -0.15) is 0 Å². The van der Waals surface area contributed by atoms with Crippen LogP contribution in [0.1, 0.15) is 19.4 Å². The molecule has 2 aromatic carbocycles. The fourth-order valence-electron chi connectivity index (χ4n) is 3.48. The molecule has 33 heavy (non-hydrogen) atoms. The molecule has 8 heteroatoms. The van der Waals surface area contributed by atoms with Crippen LogP contribution >= 0.6 is 11.8 Å². The maximum Gasteiger partial charge on any atom is 0.266 e. The highest BCUT2D eigenvalue weighted by Crippen LogP contribution is 2.36. The zero-order valence-corrected chi connectivity index (χ0v) is 20.6. The molecule has 1 aliphatic heterocycles. The van der Waals surface area contributed by atoms with Crippen molar-refractivity contribution < 1.29 is 19.0 Å². The van der Waals surface area contributed by atoms with Crippen molar-refractivity contribution in [3.63, 3.8) is 0 Å². The minimum Gasteiger partial charge on any atom is -0.497 e. The van der Waals surface area contributed by atoms with E-state index in [2.05, 4.69) is 24.8 Å². The van der Waals surface area contributed by atoms with E-state index >= 15 is 0 Å². The Morgan fingerprint density at radius 1 is 1.03 bits per heavy atom. The van der Waals surface area contributed by atoms with Gasteiger partial charge in [0.05, 0.1) is 38.0 Å². The van der Waals surface area contributed by atoms with Crippen molar-refractivity contribution in [3.05, 3.63) is 52.9 Å². The van der Waals surface area contributed by atoms with Crippen LogP contribution in [0.4, 0.5) is 11.4 Å². The van der Waals surface area contributed by atoms with Crippen LogP contribution in [0.2, 0.25) is 0 Å². The number of hydrogen-bond acceptors (Lipinski definition) is 7. The molecule has 1 heterocycles. The van der Waals surface area contributed by atoms with Gasteiger partial charge in [-0.3, -0.25) is 9.69 Å². The highest BCUT2D eigenvalue weighted by molar-refractivity contribution is 8.18. The number of nitrogens with zero attached hydrogens (tertiary/aromatic N) is 3. The molecule has 0 saturated carbocycles. The zero-order chi connectivity index (χ0) is 23.8. The van der Waals surface area contributed by atoms with Gasteiger partial charge in [0.15, 0.2) is 5.17 Å². The third-order valence-electron chi connectivity index (χ3n) is 5.34. The molecule has 176 valence electrons. The first-order chi connectivity index (χ1) is 16.0. The molecule has 0 N–H and O–H groups in total. The predicted molar refractivity (Wildman–Crippen MR) is 136 cm³/mol. The first kappa shape index (κ1) is 24.7. The van der Waals surface area contributed by atoms with Crippen LogP contribution in [0.5, 0.6) is 11.5 Å². The predicted octanol–water partition coefficient (Wildman–Crippen LogP) is 4.80. The van der Waals surface area contributed by atoms with Crippen molar-refractivity contribution in [2.45, 2.75) is 13.8 Å². The number of anilines is 1. The number of carbonyl (C=O) groups is 1. The van der Waals surface area contributed by atoms with E-state index in [0.29, 0.717) is 23.2 Å². The lowest BCUT2D eigenvalue weighted by molar-refractivity contribution is -0.122. The lowest BCUT2D eigenvalue weighted by Gasteiger charge is -2.22. The Bertz CT molecular complexity index is 1020. The number of rotatable bonds is 10. The molecule has 0 aliphatic carbocycles. The van der Waals surface area contributed by atoms with Crippen LogP contribution in [0.3, 0.4) is 0 Å². The molecular weight excluding hydrogens is 438 g/mol. The monoisotopic (exact) mass is 469 g/mol. The molecule has 2 aromatic rings. The topological polar surface area (TPSA) is 63.6 Å². The Morgan fingerprint density at radius 3 is 2.36 bits per heavy atom. The molecule has 0 atom stereocenters. The molecule has 0 radical (unpaired) electrons. The second kappa shape index (κ2) is 11.8. The normalized spacial score (nSPS) is 16.0. The van der Waals surface area contributed by atoms with Gasteiger partial charge in [-0.05, 0) is 68.1 Å². The number of hydrogen-bond donors (Lipinski definition) is 0. The Kier molecular flexibility index (Phi) is 8.79. The molecule has 0 aromatic heterocycles. The Hall–Kier alpha value is -2.97. The Balaban J connectivity index is 1.94. The van der Waals surface area contributed by atoms with Crippen LogP contribution in [0.15, 0.2) is 52.4 Å². The van der Waals surface area contributed by atoms with E-state index in [4.69, 9.17) is 19.2 Å². The van der Waals surface area contributed by atoms with Gasteiger partial charge in [-0.25, -0.2) is 4.99 Å². The van der Waals surface area contributed by atoms with Crippen molar-refractivity contribution in [2.75, 3.05) is 52.5 Å². The minimum absolute atomic E-state index is 0.0980. The molecule has 1 aliphatic rings. The number of thioether (sulfide) groups is 1. The number of benzene rings is 2. The molecule has 1 fully saturated rings. The highest BCUT2D eigenvalue weighted by atomic mass is 32.2. The number of aliphatic imine (C=N–C) groups is 1. The van der Waals surface area contributed by atoms with Gasteiger partial charge in [0.1, 0.15) is 11.5 Å². The summed E-state index contributed by atoms with van der Waals surface area (Å²) in [4.78, 5) is 22.4. The van der Waals surface area contributed by atoms with Crippen molar-refractivity contribution in [1.29, 1.82) is 0 Å². The number of carbonyl (C=O) groups excluding carboxylic acids is 1. The first-order valence-electron chi connectivity index (χ1n) is 10.9. The smallest absolute Gasteiger partial charge is 0.266 e. The van der Waals surface area contributed by atoms with E-state index in [9.17, 15) is 4.79 Å². The summed E-state index contributed by atoms with van der Waals surface area (Å²) in [5.74, 6) is 1.38. The van der Waals surface area contributed by atoms with Crippen LogP contribution < -0.4 is 14.4 Å². The summed E-state index contributed by atoms with van der Waals surface area (Å²) in [5, 5.41) is 0.618. The molecule has 0 unspecified atom stereocenters. The van der Waals surface area contributed by atoms with Crippen molar-refractivity contribution in [1.82, 2.24) is 4.90 Å². The van der Waals surface area contributed by atoms with E-state index in [1.807, 2.05) is 42.5 Å². The Morgan fingerprint density at radius 2 is 1.76 bits per heavy atom. The maximum absolute atomic E-state index is 13.2. The van der Waals surface area contributed by atoms with Crippen LogP contribution in [-0.2, 0) is 9.53 Å². The molecule has 1 amide bonds. The van der Waals surface area contributed by atoms with Crippen molar-refractivity contribution in [3.8, 4) is 11.5 Å². The van der Waals surface area contributed by atoms with Crippen LogP contribution in [0.25, 0.3) is 6.08 Å². The first-order valence-corrected chi connectivity index (χ1v) is 11.7. The molecular formula is C25H31N3O4S. The van der Waals surface area contributed by atoms with Crippen molar-refractivity contribution in [2.24, 2.45) is 4.99 Å². The number of ether oxygens (including phenoxy) is 3. The summed E-state index contributed by atoms with van der Waals surface area (Å²) in [5.41, 5.74) is 2.69. The summed E-state index contributed by atoms with van der Waals surface area (Å²) < 4.78 is 16.1.